The average Bonchev–Trinajstić information content (AvgIpc) is 2.92. The third-order valence-corrected chi connectivity index (χ3v) is 3.85. The Kier molecular flexibility index (Phi) is 3.36. The molecule has 106 valence electrons. The number of nitrogen functional groups attached to an aromatic ring is 1. The van der Waals surface area contributed by atoms with Gasteiger partial charge in [-0.3, -0.25) is 4.79 Å². The van der Waals surface area contributed by atoms with Gasteiger partial charge in [-0.25, -0.2) is 0 Å². The molecule has 0 saturated carbocycles. The summed E-state index contributed by atoms with van der Waals surface area (Å²) in [6, 6.07) is 8.40. The van der Waals surface area contributed by atoms with Gasteiger partial charge in [-0.2, -0.15) is 8.75 Å². The van der Waals surface area contributed by atoms with E-state index in [4.69, 9.17) is 23.1 Å². The summed E-state index contributed by atoms with van der Waals surface area (Å²) < 4.78 is 8.36. The van der Waals surface area contributed by atoms with Crippen molar-refractivity contribution in [2.75, 3.05) is 11.1 Å². The van der Waals surface area contributed by atoms with E-state index in [0.29, 0.717) is 33.1 Å². The Morgan fingerprint density at radius 1 is 1.19 bits per heavy atom. The van der Waals surface area contributed by atoms with Gasteiger partial charge in [-0.05, 0) is 24.3 Å². The van der Waals surface area contributed by atoms with E-state index in [2.05, 4.69) is 14.1 Å². The molecule has 3 rings (SSSR count). The highest BCUT2D eigenvalue weighted by atomic mass is 35.5. The van der Waals surface area contributed by atoms with Crippen molar-refractivity contribution in [1.29, 1.82) is 0 Å². The van der Waals surface area contributed by atoms with Crippen LogP contribution in [0.25, 0.3) is 11.0 Å². The number of para-hydroxylation sites is 1. The van der Waals surface area contributed by atoms with Crippen molar-refractivity contribution in [3.63, 3.8) is 0 Å². The number of hydrogen-bond acceptors (Lipinski definition) is 6. The minimum atomic E-state index is -0.579. The lowest BCUT2D eigenvalue weighted by Gasteiger charge is -2.14. The molecule has 0 unspecified atom stereocenters. The Balaban J connectivity index is 2.17. The van der Waals surface area contributed by atoms with Crippen molar-refractivity contribution in [3.05, 3.63) is 40.9 Å². The number of primary amides is 1. The third-order valence-electron chi connectivity index (χ3n) is 2.99. The van der Waals surface area contributed by atoms with Crippen LogP contribution in [0, 0.1) is 0 Å². The predicted octanol–water partition coefficient (Wildman–Crippen LogP) is 2.77. The van der Waals surface area contributed by atoms with Gasteiger partial charge in [-0.1, -0.05) is 17.7 Å². The molecule has 0 fully saturated rings. The SMILES string of the molecule is NC(=O)c1cccc(N)c1Nc1c(Cl)ccc2nsnc12. The maximum atomic E-state index is 11.5. The number of carbonyl (C=O) groups is 1. The first kappa shape index (κ1) is 13.6. The van der Waals surface area contributed by atoms with Gasteiger partial charge in [0.2, 0.25) is 0 Å². The summed E-state index contributed by atoms with van der Waals surface area (Å²) in [5.41, 5.74) is 14.3. The molecule has 0 saturated heterocycles. The third kappa shape index (κ3) is 2.37. The fraction of sp³-hybridized carbons (Fsp3) is 0. The first-order valence-corrected chi connectivity index (χ1v) is 7.05. The molecule has 0 aliphatic carbocycles. The van der Waals surface area contributed by atoms with Crippen molar-refractivity contribution < 1.29 is 4.79 Å². The predicted molar refractivity (Wildman–Crippen MR) is 85.1 cm³/mol. The lowest BCUT2D eigenvalue weighted by molar-refractivity contribution is 0.100. The second-order valence-corrected chi connectivity index (χ2v) is 5.25. The molecule has 0 spiro atoms. The first-order valence-electron chi connectivity index (χ1n) is 5.94. The monoisotopic (exact) mass is 319 g/mol. The number of carbonyl (C=O) groups excluding carboxylic acids is 1. The van der Waals surface area contributed by atoms with Crippen LogP contribution in [-0.4, -0.2) is 14.7 Å². The zero-order valence-corrected chi connectivity index (χ0v) is 12.2. The standard InChI is InChI=1S/C13H10ClN5OS/c14-7-4-5-9-12(19-21-18-9)11(7)17-10-6(13(16)20)2-1-3-8(10)15/h1-5,17H,15H2,(H2,16,20). The molecule has 0 radical (unpaired) electrons. The zero-order valence-electron chi connectivity index (χ0n) is 10.6. The first-order chi connectivity index (χ1) is 10.1. The minimum Gasteiger partial charge on any atom is -0.397 e. The van der Waals surface area contributed by atoms with Crippen molar-refractivity contribution in [2.45, 2.75) is 0 Å². The fourth-order valence-electron chi connectivity index (χ4n) is 1.99. The van der Waals surface area contributed by atoms with Gasteiger partial charge in [-0.15, -0.1) is 0 Å². The molecule has 21 heavy (non-hydrogen) atoms. The van der Waals surface area contributed by atoms with E-state index in [1.54, 1.807) is 30.3 Å². The van der Waals surface area contributed by atoms with Crippen LogP contribution in [0.1, 0.15) is 10.4 Å². The summed E-state index contributed by atoms with van der Waals surface area (Å²) >= 11 is 7.29. The molecule has 0 aliphatic rings. The van der Waals surface area contributed by atoms with Gasteiger partial charge in [0.25, 0.3) is 5.91 Å². The molecule has 0 aliphatic heterocycles. The van der Waals surface area contributed by atoms with E-state index in [9.17, 15) is 4.79 Å². The number of halogens is 1. The number of amides is 1. The molecular formula is C13H10ClN5OS. The summed E-state index contributed by atoms with van der Waals surface area (Å²) in [7, 11) is 0. The summed E-state index contributed by atoms with van der Waals surface area (Å²) in [5, 5.41) is 3.52. The molecule has 1 aromatic heterocycles. The quantitative estimate of drug-likeness (QED) is 0.643. The highest BCUT2D eigenvalue weighted by Crippen LogP contribution is 2.35. The van der Waals surface area contributed by atoms with Crippen molar-refractivity contribution in [2.24, 2.45) is 5.73 Å². The molecule has 2 aromatic carbocycles. The van der Waals surface area contributed by atoms with Gasteiger partial charge < -0.3 is 16.8 Å². The zero-order chi connectivity index (χ0) is 15.0. The van der Waals surface area contributed by atoms with Crippen molar-refractivity contribution in [1.82, 2.24) is 8.75 Å². The Labute approximate surface area is 129 Å². The Bertz CT molecular complexity index is 848. The average molecular weight is 320 g/mol. The van der Waals surface area contributed by atoms with E-state index in [0.717, 1.165) is 11.7 Å². The van der Waals surface area contributed by atoms with Gasteiger partial charge in [0.05, 0.1) is 39.4 Å². The largest absolute Gasteiger partial charge is 0.397 e. The molecule has 1 heterocycles. The second kappa shape index (κ2) is 5.19. The van der Waals surface area contributed by atoms with Crippen LogP contribution in [0.3, 0.4) is 0 Å². The minimum absolute atomic E-state index is 0.284. The normalized spacial score (nSPS) is 10.7. The Morgan fingerprint density at radius 2 is 2.00 bits per heavy atom. The van der Waals surface area contributed by atoms with E-state index < -0.39 is 5.91 Å². The van der Waals surface area contributed by atoms with Gasteiger partial charge in [0.15, 0.2) is 0 Å². The number of nitrogens with two attached hydrogens (primary N) is 2. The van der Waals surface area contributed by atoms with Crippen LogP contribution in [0.5, 0.6) is 0 Å². The highest BCUT2D eigenvalue weighted by Gasteiger charge is 2.15. The summed E-state index contributed by atoms with van der Waals surface area (Å²) in [5.74, 6) is -0.579. The van der Waals surface area contributed by atoms with Crippen LogP contribution in [0.4, 0.5) is 17.1 Å². The number of rotatable bonds is 3. The maximum absolute atomic E-state index is 11.5. The van der Waals surface area contributed by atoms with Crippen LogP contribution in [-0.2, 0) is 0 Å². The summed E-state index contributed by atoms with van der Waals surface area (Å²) in [4.78, 5) is 11.5. The number of benzene rings is 2. The number of hydrogen-bond donors (Lipinski definition) is 3. The highest BCUT2D eigenvalue weighted by molar-refractivity contribution is 7.00. The van der Waals surface area contributed by atoms with Crippen molar-refractivity contribution >= 4 is 57.3 Å². The summed E-state index contributed by atoms with van der Waals surface area (Å²) in [6.07, 6.45) is 0. The van der Waals surface area contributed by atoms with Crippen LogP contribution >= 0.6 is 23.3 Å². The van der Waals surface area contributed by atoms with Crippen LogP contribution < -0.4 is 16.8 Å². The molecule has 0 bridgehead atoms. The molecule has 3 aromatic rings. The van der Waals surface area contributed by atoms with Crippen LogP contribution in [0.2, 0.25) is 5.02 Å². The molecular weight excluding hydrogens is 310 g/mol. The number of nitrogens with one attached hydrogen (secondary N) is 1. The molecule has 1 amide bonds. The molecule has 0 atom stereocenters. The number of nitrogens with zero attached hydrogens (tertiary/aromatic N) is 2. The molecule has 6 nitrogen and oxygen atoms in total. The van der Waals surface area contributed by atoms with Crippen molar-refractivity contribution in [3.8, 4) is 0 Å². The second-order valence-electron chi connectivity index (χ2n) is 4.31. The molecule has 5 N–H and O–H groups in total. The fourth-order valence-corrected chi connectivity index (χ4v) is 2.73. The van der Waals surface area contributed by atoms with E-state index in [1.807, 2.05) is 0 Å². The van der Waals surface area contributed by atoms with E-state index >= 15 is 0 Å². The lowest BCUT2D eigenvalue weighted by Crippen LogP contribution is -2.14. The Morgan fingerprint density at radius 3 is 2.76 bits per heavy atom. The number of anilines is 3. The number of aromatic nitrogens is 2. The van der Waals surface area contributed by atoms with Gasteiger partial charge >= 0.3 is 0 Å². The Hall–Kier alpha value is -2.38. The lowest BCUT2D eigenvalue weighted by atomic mass is 10.1. The number of fused-ring (bicyclic) bond motifs is 1. The molecule has 8 heteroatoms. The van der Waals surface area contributed by atoms with E-state index in [1.165, 1.54) is 0 Å². The summed E-state index contributed by atoms with van der Waals surface area (Å²) in [6.45, 7) is 0. The van der Waals surface area contributed by atoms with Gasteiger partial charge in [0.1, 0.15) is 11.0 Å². The smallest absolute Gasteiger partial charge is 0.250 e. The van der Waals surface area contributed by atoms with Gasteiger partial charge in [0, 0.05) is 0 Å². The van der Waals surface area contributed by atoms with Crippen LogP contribution in [0.15, 0.2) is 30.3 Å². The van der Waals surface area contributed by atoms with E-state index in [-0.39, 0.29) is 5.56 Å². The topological polar surface area (TPSA) is 107 Å². The maximum Gasteiger partial charge on any atom is 0.250 e.